The van der Waals surface area contributed by atoms with E-state index in [1.165, 1.54) is 0 Å². The van der Waals surface area contributed by atoms with Crippen molar-refractivity contribution in [2.45, 2.75) is 12.2 Å². The van der Waals surface area contributed by atoms with Gasteiger partial charge in [0.05, 0.1) is 6.61 Å². The third-order valence-corrected chi connectivity index (χ3v) is 1.48. The van der Waals surface area contributed by atoms with E-state index < -0.39 is 46.7 Å². The summed E-state index contributed by atoms with van der Waals surface area (Å²) in [6, 6.07) is 0. The molecule has 100 valence electrons. The molecule has 4 N–H and O–H groups in total. The minimum Gasteiger partial charge on any atom is -0.759 e. The van der Waals surface area contributed by atoms with E-state index in [2.05, 4.69) is 4.74 Å². The molecule has 0 spiro atoms. The van der Waals surface area contributed by atoms with E-state index in [0.717, 1.165) is 0 Å². The third kappa shape index (κ3) is 6.84. The number of aliphatic hydroxyl groups excluding tert-OH is 4. The maximum atomic E-state index is 10.5. The maximum Gasteiger partial charge on any atom is 2.00 e. The summed E-state index contributed by atoms with van der Waals surface area (Å²) in [5.74, 6) is -2.78. The van der Waals surface area contributed by atoms with Crippen LogP contribution in [0.25, 0.3) is 0 Å². The Bertz CT molecular complexity index is 406. The maximum absolute atomic E-state index is 10.5. The van der Waals surface area contributed by atoms with E-state index >= 15 is 0 Å². The SMILES string of the molecule is O=C1O[C@H]([C@@H](O)CO)C(O)=C1O.O=S(=O)([O-])[O-].[Zn+2]. The number of rotatable bonds is 2. The van der Waals surface area contributed by atoms with Crippen molar-refractivity contribution in [1.82, 2.24) is 0 Å². The molecule has 12 heteroatoms. The average molecular weight is 338 g/mol. The summed E-state index contributed by atoms with van der Waals surface area (Å²) in [6.07, 6.45) is -2.78. The minimum atomic E-state index is -5.17. The second-order valence-electron chi connectivity index (χ2n) is 2.72. The molecule has 0 bridgehead atoms. The van der Waals surface area contributed by atoms with Gasteiger partial charge in [0, 0.05) is 10.4 Å². The number of ether oxygens (including phenoxy) is 1. The number of aliphatic hydroxyl groups is 4. The molecule has 0 fully saturated rings. The molecule has 0 aliphatic carbocycles. The number of carbonyl (C=O) groups is 1. The second-order valence-corrected chi connectivity index (χ2v) is 3.53. The van der Waals surface area contributed by atoms with Crippen molar-refractivity contribution < 1.29 is 67.0 Å². The van der Waals surface area contributed by atoms with Crippen molar-refractivity contribution in [1.29, 1.82) is 0 Å². The van der Waals surface area contributed by atoms with Crippen LogP contribution in [0.3, 0.4) is 0 Å². The van der Waals surface area contributed by atoms with E-state index in [0.29, 0.717) is 0 Å². The third-order valence-electron chi connectivity index (χ3n) is 1.48. The van der Waals surface area contributed by atoms with E-state index in [1.807, 2.05) is 0 Å². The molecule has 10 nitrogen and oxygen atoms in total. The summed E-state index contributed by atoms with van der Waals surface area (Å²) in [4.78, 5) is 10.5. The van der Waals surface area contributed by atoms with Crippen LogP contribution in [-0.2, 0) is 39.4 Å². The summed E-state index contributed by atoms with van der Waals surface area (Å²) >= 11 is 0. The van der Waals surface area contributed by atoms with Gasteiger partial charge in [-0.1, -0.05) is 0 Å². The molecule has 0 amide bonds. The van der Waals surface area contributed by atoms with Crippen LogP contribution in [0.5, 0.6) is 0 Å². The van der Waals surface area contributed by atoms with Gasteiger partial charge in [0.15, 0.2) is 11.9 Å². The van der Waals surface area contributed by atoms with Gasteiger partial charge in [0.1, 0.15) is 6.10 Å². The number of hydrogen-bond donors (Lipinski definition) is 4. The monoisotopic (exact) mass is 336 g/mol. The first-order valence-electron chi connectivity index (χ1n) is 3.86. The van der Waals surface area contributed by atoms with Gasteiger partial charge in [0.25, 0.3) is 0 Å². The molecule has 1 aliphatic heterocycles. The molecule has 0 radical (unpaired) electrons. The van der Waals surface area contributed by atoms with Crippen LogP contribution in [0.4, 0.5) is 0 Å². The van der Waals surface area contributed by atoms with Gasteiger partial charge in [-0.2, -0.15) is 0 Å². The van der Waals surface area contributed by atoms with E-state index in [9.17, 15) is 4.79 Å². The normalized spacial score (nSPS) is 20.4. The van der Waals surface area contributed by atoms with Crippen molar-refractivity contribution >= 4 is 16.4 Å². The molecule has 1 heterocycles. The molecule has 1 aliphatic rings. The molecule has 2 atom stereocenters. The van der Waals surface area contributed by atoms with Gasteiger partial charge in [-0.3, -0.25) is 8.42 Å². The molecule has 0 unspecified atom stereocenters. The molecule has 0 aromatic carbocycles. The number of cyclic esters (lactones) is 1. The fourth-order valence-electron chi connectivity index (χ4n) is 0.823. The van der Waals surface area contributed by atoms with Crippen LogP contribution in [-0.4, -0.2) is 62.7 Å². The van der Waals surface area contributed by atoms with Gasteiger partial charge >= 0.3 is 25.4 Å². The first kappa shape index (κ1) is 19.6. The summed E-state index contributed by atoms with van der Waals surface area (Å²) < 4.78 is 38.4. The largest absolute Gasteiger partial charge is 2.00 e. The van der Waals surface area contributed by atoms with Gasteiger partial charge < -0.3 is 34.3 Å². The molecule has 0 aromatic heterocycles. The Morgan fingerprint density at radius 1 is 1.33 bits per heavy atom. The summed E-state index contributed by atoms with van der Waals surface area (Å²) in [5, 5.41) is 35.0. The van der Waals surface area contributed by atoms with Crippen LogP contribution in [0, 0.1) is 0 Å². The Balaban J connectivity index is 0. The Labute approximate surface area is 114 Å². The smallest absolute Gasteiger partial charge is 0.759 e. The molecule has 1 rings (SSSR count). The van der Waals surface area contributed by atoms with Crippen molar-refractivity contribution in [2.75, 3.05) is 6.61 Å². The van der Waals surface area contributed by atoms with Crippen molar-refractivity contribution in [3.63, 3.8) is 0 Å². The van der Waals surface area contributed by atoms with Crippen LogP contribution < -0.4 is 0 Å². The molecule has 0 saturated carbocycles. The van der Waals surface area contributed by atoms with Gasteiger partial charge in [0.2, 0.25) is 5.76 Å². The zero-order valence-electron chi connectivity index (χ0n) is 8.72. The first-order valence-corrected chi connectivity index (χ1v) is 5.20. The van der Waals surface area contributed by atoms with Crippen LogP contribution >= 0.6 is 0 Å². The van der Waals surface area contributed by atoms with E-state index in [1.54, 1.807) is 0 Å². The van der Waals surface area contributed by atoms with Gasteiger partial charge in [-0.25, -0.2) is 4.79 Å². The number of carbonyl (C=O) groups excluding carboxylic acids is 1. The number of esters is 1. The summed E-state index contributed by atoms with van der Waals surface area (Å²) in [6.45, 7) is -0.671. The fourth-order valence-corrected chi connectivity index (χ4v) is 0.823. The first-order chi connectivity index (χ1) is 7.57. The fraction of sp³-hybridized carbons (Fsp3) is 0.500. The van der Waals surface area contributed by atoms with Crippen LogP contribution in [0.1, 0.15) is 0 Å². The minimum absolute atomic E-state index is 0. The van der Waals surface area contributed by atoms with Gasteiger partial charge in [-0.05, 0) is 0 Å². The van der Waals surface area contributed by atoms with Crippen molar-refractivity contribution in [2.24, 2.45) is 0 Å². The Morgan fingerprint density at radius 2 is 1.72 bits per heavy atom. The Hall–Kier alpha value is -0.777. The zero-order chi connectivity index (χ0) is 13.8. The summed E-state index contributed by atoms with van der Waals surface area (Å²) in [5.41, 5.74) is 0. The average Bonchev–Trinajstić information content (AvgIpc) is 2.42. The topological polar surface area (TPSA) is 187 Å². The zero-order valence-corrected chi connectivity index (χ0v) is 12.5. The molecular weight excluding hydrogens is 330 g/mol. The predicted molar refractivity (Wildman–Crippen MR) is 45.7 cm³/mol. The van der Waals surface area contributed by atoms with E-state index in [4.69, 9.17) is 37.9 Å². The van der Waals surface area contributed by atoms with E-state index in [-0.39, 0.29) is 19.5 Å². The standard InChI is InChI=1S/C6H8O6.H2O4S.Zn/c7-1-2(8)5-3(9)4(10)6(11)12-5;1-5(2,3)4;/h2,5,7-10H,1H2;(H2,1,2,3,4);/q;;+2/p-2/t2-,5+;;/m0../s1. The predicted octanol–water partition coefficient (Wildman–Crippen LogP) is -2.75. The Morgan fingerprint density at radius 3 is 1.94 bits per heavy atom. The summed E-state index contributed by atoms with van der Waals surface area (Å²) in [7, 11) is -5.17. The molecule has 0 saturated heterocycles. The number of hydrogen-bond acceptors (Lipinski definition) is 10. The second kappa shape index (κ2) is 7.61. The molecule has 0 aromatic rings. The quantitative estimate of drug-likeness (QED) is 0.178. The van der Waals surface area contributed by atoms with Crippen molar-refractivity contribution in [3.8, 4) is 0 Å². The Kier molecular flexibility index (Phi) is 8.27. The van der Waals surface area contributed by atoms with Crippen LogP contribution in [0.2, 0.25) is 0 Å². The van der Waals surface area contributed by atoms with Gasteiger partial charge in [-0.15, -0.1) is 0 Å². The molecule has 18 heavy (non-hydrogen) atoms. The molecular formula is C6H8O10SZn. The van der Waals surface area contributed by atoms with Crippen molar-refractivity contribution in [3.05, 3.63) is 11.5 Å². The van der Waals surface area contributed by atoms with Crippen LogP contribution in [0.15, 0.2) is 11.5 Å².